The SMILES string of the molecule is CN=C(C)/C(N=Nc1c(C(=O)OC)cnn1-c1ccccc1)=C(/N)Nc1nc(OC)nc(-n2nc(C)c(N=Nc3c(C(=O)OC)cnn3-c3ccccc3)c2N)n1. The molecule has 4 heterocycles. The summed E-state index contributed by atoms with van der Waals surface area (Å²) in [6.07, 6.45) is 2.66. The van der Waals surface area contributed by atoms with Crippen LogP contribution in [0.1, 0.15) is 33.3 Å². The summed E-state index contributed by atoms with van der Waals surface area (Å²) in [6.45, 7) is 3.30. The number of nitrogens with zero attached hydrogens (tertiary/aromatic N) is 14. The normalized spacial score (nSPS) is 12.2. The number of hydrogen-bond acceptors (Lipinski definition) is 19. The van der Waals surface area contributed by atoms with E-state index in [0.717, 1.165) is 0 Å². The minimum Gasteiger partial charge on any atom is -0.467 e. The summed E-state index contributed by atoms with van der Waals surface area (Å²) >= 11 is 0. The molecule has 290 valence electrons. The molecule has 0 radical (unpaired) electrons. The molecule has 2 aromatic carbocycles. The van der Waals surface area contributed by atoms with Crippen molar-refractivity contribution in [1.29, 1.82) is 0 Å². The Hall–Kier alpha value is -8.17. The van der Waals surface area contributed by atoms with Gasteiger partial charge in [0.1, 0.15) is 22.6 Å². The molecule has 0 aliphatic heterocycles. The molecule has 0 atom stereocenters. The molecule has 0 bridgehead atoms. The highest BCUT2D eigenvalue weighted by atomic mass is 16.5. The molecule has 5 N–H and O–H groups in total. The molecule has 4 aromatic heterocycles. The average molecular weight is 774 g/mol. The standard InChI is InChI=1S/C35H35N17O5/c1-19(38-3)25(45-47-29-23(31(53)55-4)17-39-50(29)21-13-9-7-10-14-21)27(36)41-33-42-34(44-35(43-33)57-6)52-28(37)26(20(2)49-52)46-48-30-24(32(54)56-5)18-40-51(30)22-15-11-8-12-16-22/h7-18H,36-37H2,1-6H3,(H,41,42,43,44)/b27-25+,38-19?,47-45?,48-46?. The fourth-order valence-electron chi connectivity index (χ4n) is 5.10. The summed E-state index contributed by atoms with van der Waals surface area (Å²) in [6, 6.07) is 17.9. The number of anilines is 2. The summed E-state index contributed by atoms with van der Waals surface area (Å²) in [5.41, 5.74) is 15.4. The van der Waals surface area contributed by atoms with Crippen LogP contribution in [-0.4, -0.2) is 90.3 Å². The Morgan fingerprint density at radius 2 is 1.33 bits per heavy atom. The molecule has 0 aliphatic rings. The van der Waals surface area contributed by atoms with E-state index in [-0.39, 0.29) is 63.7 Å². The molecule has 0 aliphatic carbocycles. The van der Waals surface area contributed by atoms with Gasteiger partial charge < -0.3 is 31.0 Å². The smallest absolute Gasteiger partial charge is 0.343 e. The topological polar surface area (TPSA) is 280 Å². The first-order chi connectivity index (χ1) is 27.6. The first-order valence-corrected chi connectivity index (χ1v) is 16.7. The van der Waals surface area contributed by atoms with E-state index in [1.165, 1.54) is 47.8 Å². The van der Waals surface area contributed by atoms with Crippen molar-refractivity contribution in [1.82, 2.24) is 44.3 Å². The quantitative estimate of drug-likeness (QED) is 0.0813. The molecular weight excluding hydrogens is 738 g/mol. The van der Waals surface area contributed by atoms with E-state index in [9.17, 15) is 9.59 Å². The van der Waals surface area contributed by atoms with Gasteiger partial charge in [0.05, 0.1) is 56.5 Å². The van der Waals surface area contributed by atoms with E-state index >= 15 is 0 Å². The highest BCUT2D eigenvalue weighted by Crippen LogP contribution is 2.32. The monoisotopic (exact) mass is 773 g/mol. The van der Waals surface area contributed by atoms with Crippen molar-refractivity contribution >= 4 is 46.7 Å². The Morgan fingerprint density at radius 1 is 0.772 bits per heavy atom. The third-order valence-corrected chi connectivity index (χ3v) is 8.01. The number of nitrogens with two attached hydrogens (primary N) is 2. The maximum Gasteiger partial charge on any atom is 0.343 e. The first-order valence-electron chi connectivity index (χ1n) is 16.7. The van der Waals surface area contributed by atoms with Gasteiger partial charge in [-0.3, -0.25) is 4.99 Å². The predicted octanol–water partition coefficient (Wildman–Crippen LogP) is 4.73. The molecule has 57 heavy (non-hydrogen) atoms. The van der Waals surface area contributed by atoms with Gasteiger partial charge >= 0.3 is 17.9 Å². The molecule has 0 spiro atoms. The van der Waals surface area contributed by atoms with Crippen LogP contribution in [-0.2, 0) is 9.47 Å². The van der Waals surface area contributed by atoms with Crippen molar-refractivity contribution in [2.45, 2.75) is 13.8 Å². The Kier molecular flexibility index (Phi) is 11.4. The van der Waals surface area contributed by atoms with Gasteiger partial charge in [-0.2, -0.15) is 34.9 Å². The second kappa shape index (κ2) is 16.9. The van der Waals surface area contributed by atoms with Gasteiger partial charge in [-0.05, 0) is 38.1 Å². The first kappa shape index (κ1) is 38.6. The van der Waals surface area contributed by atoms with Crippen LogP contribution in [0.25, 0.3) is 17.3 Å². The number of para-hydroxylation sites is 2. The number of aryl methyl sites for hydroxylation is 1. The zero-order chi connectivity index (χ0) is 40.6. The highest BCUT2D eigenvalue weighted by molar-refractivity contribution is 5.99. The fourth-order valence-corrected chi connectivity index (χ4v) is 5.10. The number of carbonyl (C=O) groups is 2. The van der Waals surface area contributed by atoms with Crippen LogP contribution < -0.4 is 21.5 Å². The summed E-state index contributed by atoms with van der Waals surface area (Å²) < 4.78 is 19.3. The van der Waals surface area contributed by atoms with E-state index in [1.54, 1.807) is 45.2 Å². The molecule has 22 nitrogen and oxygen atoms in total. The van der Waals surface area contributed by atoms with Crippen LogP contribution in [0.15, 0.2) is 110 Å². The van der Waals surface area contributed by atoms with Gasteiger partial charge in [-0.15, -0.1) is 20.5 Å². The summed E-state index contributed by atoms with van der Waals surface area (Å²) in [5.74, 6) is -1.42. The van der Waals surface area contributed by atoms with E-state index in [0.29, 0.717) is 22.8 Å². The molecule has 0 saturated heterocycles. The lowest BCUT2D eigenvalue weighted by atomic mass is 10.3. The minimum atomic E-state index is -0.670. The fraction of sp³-hybridized carbons (Fsp3) is 0.171. The Balaban J connectivity index is 1.36. The zero-order valence-electron chi connectivity index (χ0n) is 31.4. The summed E-state index contributed by atoms with van der Waals surface area (Å²) in [5, 5.41) is 33.4. The zero-order valence-corrected chi connectivity index (χ0v) is 31.4. The van der Waals surface area contributed by atoms with Crippen molar-refractivity contribution in [3.63, 3.8) is 0 Å². The molecule has 0 amide bonds. The van der Waals surface area contributed by atoms with Crippen LogP contribution in [0.2, 0.25) is 0 Å². The van der Waals surface area contributed by atoms with Crippen LogP contribution in [0, 0.1) is 6.92 Å². The molecule has 22 heteroatoms. The number of nitrogens with one attached hydrogen (secondary N) is 1. The summed E-state index contributed by atoms with van der Waals surface area (Å²) in [7, 11) is 5.39. The maximum atomic E-state index is 12.6. The van der Waals surface area contributed by atoms with Crippen LogP contribution >= 0.6 is 0 Å². The van der Waals surface area contributed by atoms with Crippen molar-refractivity contribution in [2.24, 2.45) is 31.2 Å². The van der Waals surface area contributed by atoms with Crippen molar-refractivity contribution in [3.05, 3.63) is 101 Å². The number of esters is 2. The number of rotatable bonds is 13. The molecule has 6 rings (SSSR count). The molecular formula is C35H35N17O5. The lowest BCUT2D eigenvalue weighted by Gasteiger charge is -2.11. The van der Waals surface area contributed by atoms with E-state index in [2.05, 4.69) is 61.0 Å². The van der Waals surface area contributed by atoms with Crippen molar-refractivity contribution < 1.29 is 23.8 Å². The van der Waals surface area contributed by atoms with Gasteiger partial charge in [0.25, 0.3) is 5.95 Å². The van der Waals surface area contributed by atoms with Gasteiger partial charge in [0, 0.05) is 7.05 Å². The van der Waals surface area contributed by atoms with E-state index < -0.39 is 11.9 Å². The number of aromatic nitrogens is 9. The number of nitrogen functional groups attached to an aromatic ring is 1. The molecule has 0 unspecified atom stereocenters. The predicted molar refractivity (Wildman–Crippen MR) is 205 cm³/mol. The van der Waals surface area contributed by atoms with E-state index in [1.807, 2.05) is 36.4 Å². The van der Waals surface area contributed by atoms with Crippen LogP contribution in [0.3, 0.4) is 0 Å². The number of aliphatic imine (C=N–C) groups is 1. The van der Waals surface area contributed by atoms with Crippen molar-refractivity contribution in [2.75, 3.05) is 39.4 Å². The summed E-state index contributed by atoms with van der Waals surface area (Å²) in [4.78, 5) is 42.4. The second-order valence-electron chi connectivity index (χ2n) is 11.5. The number of allylic oxidation sites excluding steroid dienone is 1. The highest BCUT2D eigenvalue weighted by Gasteiger charge is 2.23. The number of methoxy groups -OCH3 is 3. The van der Waals surface area contributed by atoms with E-state index in [4.69, 9.17) is 25.7 Å². The third-order valence-electron chi connectivity index (χ3n) is 8.01. The second-order valence-corrected chi connectivity index (χ2v) is 11.5. The molecule has 6 aromatic rings. The average Bonchev–Trinajstić information content (AvgIpc) is 3.94. The molecule has 0 saturated carbocycles. The third kappa shape index (κ3) is 8.03. The van der Waals surface area contributed by atoms with Gasteiger partial charge in [-0.1, -0.05) is 36.4 Å². The lowest BCUT2D eigenvalue weighted by Crippen LogP contribution is -2.18. The minimum absolute atomic E-state index is 0.00995. The largest absolute Gasteiger partial charge is 0.467 e. The van der Waals surface area contributed by atoms with Gasteiger partial charge in [0.15, 0.2) is 23.1 Å². The van der Waals surface area contributed by atoms with Gasteiger partial charge in [0.2, 0.25) is 5.95 Å². The Morgan fingerprint density at radius 3 is 1.86 bits per heavy atom. The van der Waals surface area contributed by atoms with Crippen molar-refractivity contribution in [3.8, 4) is 23.3 Å². The number of benzene rings is 2. The number of azo groups is 2. The number of ether oxygens (including phenoxy) is 3. The number of hydrogen-bond donors (Lipinski definition) is 3. The molecule has 0 fully saturated rings. The van der Waals surface area contributed by atoms with Crippen LogP contribution in [0.5, 0.6) is 6.01 Å². The lowest BCUT2D eigenvalue weighted by molar-refractivity contribution is 0.0592. The number of carbonyl (C=O) groups excluding carboxylic acids is 2. The van der Waals surface area contributed by atoms with Crippen LogP contribution in [0.4, 0.5) is 29.1 Å². The van der Waals surface area contributed by atoms with Gasteiger partial charge in [-0.25, -0.2) is 19.0 Å². The maximum absolute atomic E-state index is 12.6. The Labute approximate surface area is 323 Å². The Bertz CT molecular complexity index is 2550.